The Balaban J connectivity index is 1.67. The second-order valence-electron chi connectivity index (χ2n) is 6.46. The molecule has 2 heteroatoms. The van der Waals surface area contributed by atoms with Gasteiger partial charge >= 0.3 is 0 Å². The van der Waals surface area contributed by atoms with E-state index in [4.69, 9.17) is 0 Å². The van der Waals surface area contributed by atoms with Crippen LogP contribution in [0.2, 0.25) is 0 Å². The molecule has 0 unspecified atom stereocenters. The lowest BCUT2D eigenvalue weighted by Gasteiger charge is -2.62. The maximum absolute atomic E-state index is 2.90. The van der Waals surface area contributed by atoms with E-state index < -0.39 is 0 Å². The van der Waals surface area contributed by atoms with Gasteiger partial charge in [-0.15, -0.1) is 0 Å². The predicted octanol–water partition coefficient (Wildman–Crippen LogP) is 2.49. The minimum atomic E-state index is 0.605. The molecule has 1 spiro atoms. The number of hydrogen-bond acceptors (Lipinski definition) is 2. The first-order valence-corrected chi connectivity index (χ1v) is 7.22. The molecule has 0 atom stereocenters. The molecule has 2 heterocycles. The highest BCUT2D eigenvalue weighted by Gasteiger charge is 2.51. The molecule has 0 radical (unpaired) electrons. The van der Waals surface area contributed by atoms with Gasteiger partial charge in [0.15, 0.2) is 0 Å². The van der Waals surface area contributed by atoms with Crippen LogP contribution < -0.4 is 0 Å². The van der Waals surface area contributed by atoms with Gasteiger partial charge in [0.25, 0.3) is 0 Å². The lowest BCUT2D eigenvalue weighted by molar-refractivity contribution is -0.121. The van der Waals surface area contributed by atoms with Crippen molar-refractivity contribution >= 4 is 0 Å². The average molecular weight is 222 g/mol. The summed E-state index contributed by atoms with van der Waals surface area (Å²) in [6, 6.07) is 1.70. The average Bonchev–Trinajstić information content (AvgIpc) is 2.12. The normalized spacial score (nSPS) is 31.7. The SMILES string of the molecule is CC(C)N1CC2(CCCCN2C2CCC2)C1. The van der Waals surface area contributed by atoms with Crippen LogP contribution in [0.5, 0.6) is 0 Å². The number of rotatable bonds is 2. The lowest BCUT2D eigenvalue weighted by Crippen LogP contribution is -2.74. The molecule has 0 aromatic carbocycles. The summed E-state index contributed by atoms with van der Waals surface area (Å²) < 4.78 is 0. The van der Waals surface area contributed by atoms with Crippen LogP contribution in [0.4, 0.5) is 0 Å². The molecule has 1 aliphatic carbocycles. The van der Waals surface area contributed by atoms with Gasteiger partial charge in [-0.05, 0) is 46.1 Å². The van der Waals surface area contributed by atoms with Gasteiger partial charge in [0.05, 0.1) is 0 Å². The van der Waals surface area contributed by atoms with Crippen LogP contribution in [0.3, 0.4) is 0 Å². The van der Waals surface area contributed by atoms with E-state index in [9.17, 15) is 0 Å². The van der Waals surface area contributed by atoms with Gasteiger partial charge in [-0.2, -0.15) is 0 Å². The van der Waals surface area contributed by atoms with Crippen molar-refractivity contribution in [1.29, 1.82) is 0 Å². The Morgan fingerprint density at radius 1 is 1.06 bits per heavy atom. The number of nitrogens with zero attached hydrogens (tertiary/aromatic N) is 2. The fourth-order valence-corrected chi connectivity index (χ4v) is 3.80. The van der Waals surface area contributed by atoms with Gasteiger partial charge in [0.1, 0.15) is 0 Å². The first-order chi connectivity index (χ1) is 7.71. The first kappa shape index (κ1) is 11.0. The minimum Gasteiger partial charge on any atom is -0.297 e. The van der Waals surface area contributed by atoms with Crippen molar-refractivity contribution in [2.45, 2.75) is 70.0 Å². The first-order valence-electron chi connectivity index (χ1n) is 7.22. The highest BCUT2D eigenvalue weighted by Crippen LogP contribution is 2.42. The maximum Gasteiger partial charge on any atom is 0.0466 e. The molecular weight excluding hydrogens is 196 g/mol. The van der Waals surface area contributed by atoms with Crippen LogP contribution >= 0.6 is 0 Å². The highest BCUT2D eigenvalue weighted by molar-refractivity contribution is 5.08. The van der Waals surface area contributed by atoms with Crippen LogP contribution in [-0.2, 0) is 0 Å². The van der Waals surface area contributed by atoms with Gasteiger partial charge in [0, 0.05) is 30.7 Å². The second kappa shape index (κ2) is 3.99. The molecule has 3 aliphatic rings. The van der Waals surface area contributed by atoms with Crippen LogP contribution in [0.15, 0.2) is 0 Å². The van der Waals surface area contributed by atoms with Gasteiger partial charge in [-0.3, -0.25) is 9.80 Å². The molecule has 2 aliphatic heterocycles. The zero-order valence-corrected chi connectivity index (χ0v) is 10.9. The molecule has 0 aromatic rings. The third-order valence-corrected chi connectivity index (χ3v) is 5.14. The van der Waals surface area contributed by atoms with Crippen LogP contribution in [0, 0.1) is 0 Å². The third kappa shape index (κ3) is 1.62. The van der Waals surface area contributed by atoms with E-state index in [2.05, 4.69) is 23.6 Å². The molecular formula is C14H26N2. The van der Waals surface area contributed by atoms with Crippen molar-refractivity contribution in [3.63, 3.8) is 0 Å². The molecule has 3 fully saturated rings. The Morgan fingerprint density at radius 2 is 1.81 bits per heavy atom. The van der Waals surface area contributed by atoms with Gasteiger partial charge in [-0.25, -0.2) is 0 Å². The molecule has 0 aromatic heterocycles. The van der Waals surface area contributed by atoms with Crippen molar-refractivity contribution in [2.75, 3.05) is 19.6 Å². The monoisotopic (exact) mass is 222 g/mol. The predicted molar refractivity (Wildman–Crippen MR) is 67.6 cm³/mol. The molecule has 3 rings (SSSR count). The Hall–Kier alpha value is -0.0800. The van der Waals surface area contributed by atoms with E-state index >= 15 is 0 Å². The summed E-state index contributed by atoms with van der Waals surface area (Å²) in [6.45, 7) is 8.76. The standard InChI is InChI=1S/C14H26N2/c1-12(2)15-10-14(11-15)8-3-4-9-16(14)13-6-5-7-13/h12-13H,3-11H2,1-2H3. The number of piperidine rings is 1. The van der Waals surface area contributed by atoms with Gasteiger partial charge < -0.3 is 0 Å². The summed E-state index contributed by atoms with van der Waals surface area (Å²) in [5, 5.41) is 0. The van der Waals surface area contributed by atoms with Crippen molar-refractivity contribution in [1.82, 2.24) is 9.80 Å². The molecule has 2 saturated heterocycles. The molecule has 0 bridgehead atoms. The minimum absolute atomic E-state index is 0.605. The van der Waals surface area contributed by atoms with E-state index in [1.165, 1.54) is 58.2 Å². The topological polar surface area (TPSA) is 6.48 Å². The zero-order chi connectivity index (χ0) is 11.2. The van der Waals surface area contributed by atoms with Crippen molar-refractivity contribution in [2.24, 2.45) is 0 Å². The Bertz CT molecular complexity index is 251. The largest absolute Gasteiger partial charge is 0.297 e. The summed E-state index contributed by atoms with van der Waals surface area (Å²) in [6.07, 6.45) is 8.81. The fraction of sp³-hybridized carbons (Fsp3) is 1.00. The quantitative estimate of drug-likeness (QED) is 0.708. The summed E-state index contributed by atoms with van der Waals surface area (Å²) in [4.78, 5) is 5.55. The summed E-state index contributed by atoms with van der Waals surface area (Å²) >= 11 is 0. The molecule has 2 nitrogen and oxygen atoms in total. The van der Waals surface area contributed by atoms with Gasteiger partial charge in [-0.1, -0.05) is 12.8 Å². The van der Waals surface area contributed by atoms with Crippen molar-refractivity contribution < 1.29 is 0 Å². The number of likely N-dealkylation sites (tertiary alicyclic amines) is 2. The Morgan fingerprint density at radius 3 is 2.38 bits per heavy atom. The fourth-order valence-electron chi connectivity index (χ4n) is 3.80. The van der Waals surface area contributed by atoms with Crippen LogP contribution in [0.25, 0.3) is 0 Å². The Labute approximate surface area is 100.0 Å². The van der Waals surface area contributed by atoms with Crippen LogP contribution in [-0.4, -0.2) is 47.1 Å². The summed E-state index contributed by atoms with van der Waals surface area (Å²) in [5.41, 5.74) is 0.605. The zero-order valence-electron chi connectivity index (χ0n) is 10.9. The van der Waals surface area contributed by atoms with Crippen molar-refractivity contribution in [3.8, 4) is 0 Å². The Kier molecular flexibility index (Phi) is 2.75. The lowest BCUT2D eigenvalue weighted by atomic mass is 9.75. The smallest absolute Gasteiger partial charge is 0.0466 e. The molecule has 0 amide bonds. The molecule has 0 N–H and O–H groups in total. The number of hydrogen-bond donors (Lipinski definition) is 0. The van der Waals surface area contributed by atoms with E-state index in [-0.39, 0.29) is 0 Å². The van der Waals surface area contributed by atoms with Gasteiger partial charge in [0.2, 0.25) is 0 Å². The second-order valence-corrected chi connectivity index (χ2v) is 6.46. The molecule has 1 saturated carbocycles. The molecule has 92 valence electrons. The van der Waals surface area contributed by atoms with Crippen molar-refractivity contribution in [3.05, 3.63) is 0 Å². The van der Waals surface area contributed by atoms with E-state index in [1.54, 1.807) is 0 Å². The summed E-state index contributed by atoms with van der Waals surface area (Å²) in [7, 11) is 0. The highest BCUT2D eigenvalue weighted by atomic mass is 15.4. The maximum atomic E-state index is 2.90. The van der Waals surface area contributed by atoms with E-state index in [1.807, 2.05) is 0 Å². The third-order valence-electron chi connectivity index (χ3n) is 5.14. The summed E-state index contributed by atoms with van der Waals surface area (Å²) in [5.74, 6) is 0. The van der Waals surface area contributed by atoms with Crippen LogP contribution in [0.1, 0.15) is 52.4 Å². The van der Waals surface area contributed by atoms with E-state index in [0.29, 0.717) is 5.54 Å². The van der Waals surface area contributed by atoms with E-state index in [0.717, 1.165) is 12.1 Å². The molecule has 16 heavy (non-hydrogen) atoms.